The van der Waals surface area contributed by atoms with Gasteiger partial charge in [0.05, 0.1) is 5.57 Å². The maximum Gasteiger partial charge on any atom is 0.344 e. The summed E-state index contributed by atoms with van der Waals surface area (Å²) in [5.74, 6) is 0.779. The number of furan rings is 1. The number of carbonyl (C=O) groups excluding carboxylic acids is 1. The number of para-hydroxylation sites is 2. The number of benzene rings is 4. The lowest BCUT2D eigenvalue weighted by molar-refractivity contribution is -0.126. The van der Waals surface area contributed by atoms with E-state index in [1.54, 1.807) is 6.07 Å². The smallest absolute Gasteiger partial charge is 0.344 e. The molecule has 3 nitrogen and oxygen atoms in total. The van der Waals surface area contributed by atoms with Gasteiger partial charge in [-0.2, -0.15) is 0 Å². The molecule has 0 radical (unpaired) electrons. The van der Waals surface area contributed by atoms with Gasteiger partial charge in [0.15, 0.2) is 0 Å². The van der Waals surface area contributed by atoms with Crippen molar-refractivity contribution in [2.45, 2.75) is 0 Å². The molecule has 6 rings (SSSR count). The van der Waals surface area contributed by atoms with Gasteiger partial charge in [-0.05, 0) is 54.1 Å². The lowest BCUT2D eigenvalue weighted by Gasteiger charge is -2.13. The third-order valence-corrected chi connectivity index (χ3v) is 6.40. The summed E-state index contributed by atoms with van der Waals surface area (Å²) in [6.07, 6.45) is 0. The second kappa shape index (κ2) is 8.21. The van der Waals surface area contributed by atoms with E-state index >= 15 is 0 Å². The Labute approximate surface area is 205 Å². The first kappa shape index (κ1) is 20.8. The van der Waals surface area contributed by atoms with Crippen molar-refractivity contribution in [1.82, 2.24) is 0 Å². The normalized spacial score (nSPS) is 14.2. The number of hydrogen-bond acceptors (Lipinski definition) is 3. The summed E-state index contributed by atoms with van der Waals surface area (Å²) < 4.78 is 12.0. The molecule has 0 aliphatic carbocycles. The first-order valence-electron chi connectivity index (χ1n) is 10.7. The molecule has 0 N–H and O–H groups in total. The quantitative estimate of drug-likeness (QED) is 0.147. The van der Waals surface area contributed by atoms with Crippen LogP contribution in [0.4, 0.5) is 0 Å². The minimum atomic E-state index is -0.404. The highest BCUT2D eigenvalue weighted by molar-refractivity contribution is 6.33. The second-order valence-corrected chi connectivity index (χ2v) is 8.82. The molecule has 0 bridgehead atoms. The van der Waals surface area contributed by atoms with E-state index in [0.29, 0.717) is 32.7 Å². The molecule has 2 heterocycles. The minimum Gasteiger partial charge on any atom is -0.455 e. The molecule has 5 aromatic rings. The Kier molecular flexibility index (Phi) is 5.02. The van der Waals surface area contributed by atoms with Crippen LogP contribution in [0.5, 0.6) is 5.75 Å². The second-order valence-electron chi connectivity index (χ2n) is 7.95. The Morgan fingerprint density at radius 2 is 1.35 bits per heavy atom. The van der Waals surface area contributed by atoms with Crippen molar-refractivity contribution in [2.75, 3.05) is 0 Å². The average Bonchev–Trinajstić information content (AvgIpc) is 3.39. The van der Waals surface area contributed by atoms with Crippen LogP contribution in [0.2, 0.25) is 10.0 Å². The zero-order chi connectivity index (χ0) is 23.2. The van der Waals surface area contributed by atoms with Crippen LogP contribution in [0.15, 0.2) is 101 Å². The minimum absolute atomic E-state index is 0.404. The van der Waals surface area contributed by atoms with Crippen molar-refractivity contribution in [3.63, 3.8) is 0 Å². The van der Waals surface area contributed by atoms with Crippen LogP contribution in [0.3, 0.4) is 0 Å². The molecule has 0 saturated carbocycles. The highest BCUT2D eigenvalue weighted by Crippen LogP contribution is 2.47. The maximum atomic E-state index is 13.3. The van der Waals surface area contributed by atoms with Gasteiger partial charge in [0.2, 0.25) is 0 Å². The standard InChI is InChI=1S/C29H16Cl2O3/c30-19-13-9-17(10-14-19)25(27-22-6-2-4-8-24(22)34-29(27)32)26-21-5-1-3-7-23(21)33-28(26)18-11-15-20(31)16-12-18/h1-16H/b27-25-. The van der Waals surface area contributed by atoms with Gasteiger partial charge in [0, 0.05) is 37.7 Å². The number of carbonyl (C=O) groups is 1. The Hall–Kier alpha value is -3.79. The fourth-order valence-electron chi connectivity index (χ4n) is 4.39. The van der Waals surface area contributed by atoms with Gasteiger partial charge in [-0.1, -0.05) is 71.7 Å². The van der Waals surface area contributed by atoms with Gasteiger partial charge in [0.1, 0.15) is 17.1 Å². The van der Waals surface area contributed by atoms with Gasteiger partial charge in [-0.25, -0.2) is 4.79 Å². The van der Waals surface area contributed by atoms with Crippen LogP contribution in [-0.2, 0) is 4.79 Å². The van der Waals surface area contributed by atoms with Crippen LogP contribution < -0.4 is 4.74 Å². The molecule has 4 aromatic carbocycles. The summed E-state index contributed by atoms with van der Waals surface area (Å²) >= 11 is 12.4. The zero-order valence-electron chi connectivity index (χ0n) is 17.7. The Morgan fingerprint density at radius 3 is 2.12 bits per heavy atom. The SMILES string of the molecule is O=C1Oc2ccccc2/C1=C(\c1ccc(Cl)cc1)c1c(-c2ccc(Cl)cc2)oc2ccccc12. The molecule has 5 heteroatoms. The largest absolute Gasteiger partial charge is 0.455 e. The van der Waals surface area contributed by atoms with E-state index in [0.717, 1.165) is 33.2 Å². The lowest BCUT2D eigenvalue weighted by Crippen LogP contribution is -2.05. The van der Waals surface area contributed by atoms with Gasteiger partial charge >= 0.3 is 5.97 Å². The fourth-order valence-corrected chi connectivity index (χ4v) is 4.64. The fraction of sp³-hybridized carbons (Fsp3) is 0. The summed E-state index contributed by atoms with van der Waals surface area (Å²) in [5, 5.41) is 2.13. The summed E-state index contributed by atoms with van der Waals surface area (Å²) in [6.45, 7) is 0. The number of esters is 1. The Balaban J connectivity index is 1.76. The van der Waals surface area contributed by atoms with E-state index in [4.69, 9.17) is 32.4 Å². The molecule has 0 atom stereocenters. The molecular formula is C29H16Cl2O3. The Morgan fingerprint density at radius 1 is 0.706 bits per heavy atom. The molecule has 1 aliphatic rings. The summed E-state index contributed by atoms with van der Waals surface area (Å²) in [5.41, 5.74) is 5.15. The molecule has 0 spiro atoms. The summed E-state index contributed by atoms with van der Waals surface area (Å²) in [6, 6.07) is 30.2. The molecule has 0 amide bonds. The van der Waals surface area contributed by atoms with Gasteiger partial charge in [-0.3, -0.25) is 0 Å². The maximum absolute atomic E-state index is 13.3. The van der Waals surface area contributed by atoms with Crippen molar-refractivity contribution in [3.8, 4) is 17.1 Å². The van der Waals surface area contributed by atoms with Crippen molar-refractivity contribution in [3.05, 3.63) is 124 Å². The molecular weight excluding hydrogens is 467 g/mol. The first-order valence-corrected chi connectivity index (χ1v) is 11.5. The van der Waals surface area contributed by atoms with E-state index < -0.39 is 5.97 Å². The third-order valence-electron chi connectivity index (χ3n) is 5.90. The highest BCUT2D eigenvalue weighted by atomic mass is 35.5. The lowest BCUT2D eigenvalue weighted by atomic mass is 9.87. The van der Waals surface area contributed by atoms with Gasteiger partial charge < -0.3 is 9.15 Å². The van der Waals surface area contributed by atoms with E-state index in [1.807, 2.05) is 91.0 Å². The molecule has 0 fully saturated rings. The van der Waals surface area contributed by atoms with Crippen molar-refractivity contribution in [1.29, 1.82) is 0 Å². The molecule has 34 heavy (non-hydrogen) atoms. The van der Waals surface area contributed by atoms with Crippen LogP contribution in [0.25, 0.3) is 33.4 Å². The van der Waals surface area contributed by atoms with E-state index in [9.17, 15) is 4.79 Å². The number of fused-ring (bicyclic) bond motifs is 2. The van der Waals surface area contributed by atoms with Gasteiger partial charge in [0.25, 0.3) is 0 Å². The van der Waals surface area contributed by atoms with E-state index in [-0.39, 0.29) is 0 Å². The molecule has 164 valence electrons. The monoisotopic (exact) mass is 482 g/mol. The molecule has 1 aliphatic heterocycles. The predicted molar refractivity (Wildman–Crippen MR) is 136 cm³/mol. The van der Waals surface area contributed by atoms with Crippen molar-refractivity contribution in [2.24, 2.45) is 0 Å². The van der Waals surface area contributed by atoms with Crippen molar-refractivity contribution < 1.29 is 13.9 Å². The molecule has 0 unspecified atom stereocenters. The zero-order valence-corrected chi connectivity index (χ0v) is 19.2. The highest BCUT2D eigenvalue weighted by Gasteiger charge is 2.33. The first-order chi connectivity index (χ1) is 16.6. The number of ether oxygens (including phenoxy) is 1. The van der Waals surface area contributed by atoms with Crippen LogP contribution in [0, 0.1) is 0 Å². The van der Waals surface area contributed by atoms with Crippen LogP contribution in [-0.4, -0.2) is 5.97 Å². The summed E-state index contributed by atoms with van der Waals surface area (Å²) in [4.78, 5) is 13.3. The van der Waals surface area contributed by atoms with Crippen LogP contribution in [0.1, 0.15) is 16.7 Å². The van der Waals surface area contributed by atoms with Crippen molar-refractivity contribution >= 4 is 51.3 Å². The number of rotatable bonds is 3. The summed E-state index contributed by atoms with van der Waals surface area (Å²) in [7, 11) is 0. The number of hydrogen-bond donors (Lipinski definition) is 0. The van der Waals surface area contributed by atoms with E-state index in [2.05, 4.69) is 0 Å². The third kappa shape index (κ3) is 3.41. The number of halogens is 2. The average molecular weight is 483 g/mol. The van der Waals surface area contributed by atoms with Crippen LogP contribution >= 0.6 is 23.2 Å². The van der Waals surface area contributed by atoms with Gasteiger partial charge in [-0.15, -0.1) is 0 Å². The predicted octanol–water partition coefficient (Wildman–Crippen LogP) is 8.28. The molecule has 1 aromatic heterocycles. The topological polar surface area (TPSA) is 39.4 Å². The Bertz CT molecular complexity index is 1590. The molecule has 0 saturated heterocycles. The van der Waals surface area contributed by atoms with E-state index in [1.165, 1.54) is 0 Å².